The van der Waals surface area contributed by atoms with Crippen LogP contribution >= 0.6 is 12.2 Å². The van der Waals surface area contributed by atoms with E-state index in [2.05, 4.69) is 17.6 Å². The largest absolute Gasteiger partial charge is 0.459 e. The van der Waals surface area contributed by atoms with Gasteiger partial charge in [-0.25, -0.2) is 4.79 Å². The highest BCUT2D eigenvalue weighted by atomic mass is 32.1. The van der Waals surface area contributed by atoms with Gasteiger partial charge in [0.15, 0.2) is 5.11 Å². The molecule has 0 saturated carbocycles. The highest BCUT2D eigenvalue weighted by Gasteiger charge is 2.34. The Morgan fingerprint density at radius 2 is 1.84 bits per heavy atom. The summed E-state index contributed by atoms with van der Waals surface area (Å²) in [5.74, 6) is -0.272. The number of nitrogens with one attached hydrogen (secondary N) is 2. The lowest BCUT2D eigenvalue weighted by atomic mass is 9.94. The van der Waals surface area contributed by atoms with Crippen LogP contribution in [0.1, 0.15) is 78.8 Å². The number of benzene rings is 1. The predicted octanol–water partition coefficient (Wildman–Crippen LogP) is 5.32. The Morgan fingerprint density at radius 1 is 1.19 bits per heavy atom. The molecule has 0 spiro atoms. The lowest BCUT2D eigenvalue weighted by molar-refractivity contribution is -0.143. The summed E-state index contributed by atoms with van der Waals surface area (Å²) < 4.78 is 5.52. The number of carbonyl (C=O) groups is 2. The number of carbonyl (C=O) groups excluding carboxylic acids is 2. The Morgan fingerprint density at radius 3 is 2.38 bits per heavy atom. The number of allylic oxidation sites excluding steroid dienone is 1. The maximum atomic E-state index is 12.9. The molecule has 176 valence electrons. The number of unbranched alkanes of at least 4 members (excludes halogenated alkanes) is 1. The summed E-state index contributed by atoms with van der Waals surface area (Å²) in [6.07, 6.45) is 3.64. The van der Waals surface area contributed by atoms with Gasteiger partial charge in [-0.3, -0.25) is 4.79 Å². The Kier molecular flexibility index (Phi) is 9.69. The Balaban J connectivity index is 2.27. The molecule has 2 rings (SSSR count). The molecule has 32 heavy (non-hydrogen) atoms. The van der Waals surface area contributed by atoms with E-state index < -0.39 is 6.04 Å². The van der Waals surface area contributed by atoms with Crippen LogP contribution in [0.15, 0.2) is 35.5 Å². The van der Waals surface area contributed by atoms with Crippen molar-refractivity contribution in [2.75, 3.05) is 11.9 Å². The van der Waals surface area contributed by atoms with Crippen molar-refractivity contribution in [3.63, 3.8) is 0 Å². The van der Waals surface area contributed by atoms with Crippen LogP contribution in [-0.4, -0.2) is 34.5 Å². The van der Waals surface area contributed by atoms with Crippen LogP contribution in [0.5, 0.6) is 0 Å². The number of hydrogen-bond donors (Lipinski definition) is 2. The van der Waals surface area contributed by atoms with Crippen molar-refractivity contribution in [1.29, 1.82) is 0 Å². The second-order valence-corrected chi connectivity index (χ2v) is 8.83. The molecule has 2 atom stereocenters. The summed E-state index contributed by atoms with van der Waals surface area (Å²) in [4.78, 5) is 27.5. The number of esters is 1. The van der Waals surface area contributed by atoms with Gasteiger partial charge in [0.1, 0.15) is 0 Å². The van der Waals surface area contributed by atoms with Crippen molar-refractivity contribution in [2.24, 2.45) is 5.92 Å². The second-order valence-electron chi connectivity index (χ2n) is 8.44. The molecular formula is C25H37N3O3S. The molecule has 0 aliphatic carbocycles. The monoisotopic (exact) mass is 459 g/mol. The third-order valence-corrected chi connectivity index (χ3v) is 6.09. The van der Waals surface area contributed by atoms with E-state index in [1.807, 2.05) is 63.8 Å². The van der Waals surface area contributed by atoms with Crippen molar-refractivity contribution in [1.82, 2.24) is 10.2 Å². The first-order valence-corrected chi connectivity index (χ1v) is 12.0. The molecule has 1 aromatic rings. The minimum Gasteiger partial charge on any atom is -0.459 e. The SMILES string of the molecule is CCCC[C@@H](CC)C(=O)Nc1ccc([C@H]2NC(=S)N(CC)C(C)=C2C(=O)OC(C)C)cc1. The average molecular weight is 460 g/mol. The van der Waals surface area contributed by atoms with Gasteiger partial charge in [0, 0.05) is 23.8 Å². The van der Waals surface area contributed by atoms with Crippen LogP contribution in [0.25, 0.3) is 0 Å². The molecule has 2 N–H and O–H groups in total. The van der Waals surface area contributed by atoms with E-state index in [-0.39, 0.29) is 23.9 Å². The molecule has 1 heterocycles. The molecular weight excluding hydrogens is 422 g/mol. The van der Waals surface area contributed by atoms with Gasteiger partial charge in [0.2, 0.25) is 5.91 Å². The number of thiocarbonyl (C=S) groups is 1. The lowest BCUT2D eigenvalue weighted by Crippen LogP contribution is -2.47. The standard InChI is InChI=1S/C25H37N3O3S/c1-7-10-11-18(8-2)23(29)26-20-14-12-19(13-15-20)22-21(24(30)31-16(4)5)17(6)28(9-3)25(32)27-22/h12-16,18,22H,7-11H2,1-6H3,(H,26,29)(H,27,32)/t18-,22-/m1/s1. The average Bonchev–Trinajstić information content (AvgIpc) is 2.74. The van der Waals surface area contributed by atoms with Crippen molar-refractivity contribution in [3.05, 3.63) is 41.1 Å². The number of amides is 1. The first-order valence-electron chi connectivity index (χ1n) is 11.6. The quantitative estimate of drug-likeness (QED) is 0.365. The highest BCUT2D eigenvalue weighted by Crippen LogP contribution is 2.32. The maximum Gasteiger partial charge on any atom is 0.338 e. The van der Waals surface area contributed by atoms with Crippen LogP contribution < -0.4 is 10.6 Å². The van der Waals surface area contributed by atoms with Crippen molar-refractivity contribution < 1.29 is 14.3 Å². The molecule has 0 saturated heterocycles. The third kappa shape index (κ3) is 6.31. The summed E-state index contributed by atoms with van der Waals surface area (Å²) in [5.41, 5.74) is 2.98. The molecule has 6 nitrogen and oxygen atoms in total. The van der Waals surface area contributed by atoms with E-state index in [1.54, 1.807) is 0 Å². The van der Waals surface area contributed by atoms with Gasteiger partial charge in [0.25, 0.3) is 0 Å². The van der Waals surface area contributed by atoms with E-state index in [9.17, 15) is 9.59 Å². The van der Waals surface area contributed by atoms with Gasteiger partial charge in [-0.05, 0) is 70.5 Å². The molecule has 0 unspecified atom stereocenters. The van der Waals surface area contributed by atoms with Gasteiger partial charge >= 0.3 is 5.97 Å². The zero-order valence-corrected chi connectivity index (χ0v) is 21.0. The Labute approximate surface area is 197 Å². The van der Waals surface area contributed by atoms with E-state index in [0.29, 0.717) is 17.2 Å². The summed E-state index contributed by atoms with van der Waals surface area (Å²) in [5, 5.41) is 6.90. The molecule has 0 bridgehead atoms. The number of anilines is 1. The van der Waals surface area contributed by atoms with Crippen molar-refractivity contribution in [3.8, 4) is 0 Å². The Bertz CT molecular complexity index is 848. The number of hydrogen-bond acceptors (Lipinski definition) is 4. The van der Waals surface area contributed by atoms with Crippen LogP contribution in [-0.2, 0) is 14.3 Å². The molecule has 0 radical (unpaired) electrons. The molecule has 1 aliphatic rings. The van der Waals surface area contributed by atoms with Crippen LogP contribution in [0, 0.1) is 5.92 Å². The molecule has 1 amide bonds. The summed E-state index contributed by atoms with van der Waals surface area (Å²) in [6, 6.07) is 7.17. The van der Waals surface area contributed by atoms with E-state index in [4.69, 9.17) is 17.0 Å². The topological polar surface area (TPSA) is 70.7 Å². The third-order valence-electron chi connectivity index (χ3n) is 5.76. The van der Waals surface area contributed by atoms with E-state index in [0.717, 1.165) is 42.6 Å². The van der Waals surface area contributed by atoms with Gasteiger partial charge in [0.05, 0.1) is 17.7 Å². The predicted molar refractivity (Wildman–Crippen MR) is 133 cm³/mol. The maximum absolute atomic E-state index is 12.9. The minimum absolute atomic E-state index is 0.0232. The first-order chi connectivity index (χ1) is 15.2. The molecule has 7 heteroatoms. The smallest absolute Gasteiger partial charge is 0.338 e. The van der Waals surface area contributed by atoms with Crippen LogP contribution in [0.4, 0.5) is 5.69 Å². The fourth-order valence-corrected chi connectivity index (χ4v) is 4.31. The van der Waals surface area contributed by atoms with E-state index in [1.165, 1.54) is 0 Å². The van der Waals surface area contributed by atoms with Gasteiger partial charge in [-0.1, -0.05) is 38.8 Å². The fraction of sp³-hybridized carbons (Fsp3) is 0.560. The van der Waals surface area contributed by atoms with Gasteiger partial charge in [-0.2, -0.15) is 0 Å². The van der Waals surface area contributed by atoms with Gasteiger partial charge < -0.3 is 20.3 Å². The summed E-state index contributed by atoms with van der Waals surface area (Å²) in [7, 11) is 0. The van der Waals surface area contributed by atoms with Crippen LogP contribution in [0.2, 0.25) is 0 Å². The molecule has 0 fully saturated rings. The second kappa shape index (κ2) is 12.0. The number of nitrogens with zero attached hydrogens (tertiary/aromatic N) is 1. The lowest BCUT2D eigenvalue weighted by Gasteiger charge is -2.37. The molecule has 1 aromatic carbocycles. The molecule has 0 aromatic heterocycles. The first kappa shape index (κ1) is 25.8. The number of ether oxygens (including phenoxy) is 1. The van der Waals surface area contributed by atoms with Crippen molar-refractivity contribution in [2.45, 2.75) is 79.4 Å². The molecule has 1 aliphatic heterocycles. The van der Waals surface area contributed by atoms with E-state index >= 15 is 0 Å². The number of rotatable bonds is 10. The summed E-state index contributed by atoms with van der Waals surface area (Å²) >= 11 is 5.54. The highest BCUT2D eigenvalue weighted by molar-refractivity contribution is 7.80. The summed E-state index contributed by atoms with van der Waals surface area (Å²) in [6.45, 7) is 12.4. The van der Waals surface area contributed by atoms with Gasteiger partial charge in [-0.15, -0.1) is 0 Å². The zero-order chi connectivity index (χ0) is 23.8. The minimum atomic E-state index is -0.408. The fourth-order valence-electron chi connectivity index (χ4n) is 3.93. The van der Waals surface area contributed by atoms with Crippen LogP contribution in [0.3, 0.4) is 0 Å². The zero-order valence-electron chi connectivity index (χ0n) is 20.2. The Hall–Kier alpha value is -2.41. The van der Waals surface area contributed by atoms with Crippen molar-refractivity contribution >= 4 is 34.9 Å². The normalized spacial score (nSPS) is 17.3.